The predicted octanol–water partition coefficient (Wildman–Crippen LogP) is 1.63. The van der Waals surface area contributed by atoms with Crippen LogP contribution in [-0.4, -0.2) is 19.3 Å². The summed E-state index contributed by atoms with van der Waals surface area (Å²) in [6.07, 6.45) is 2.77. The van der Waals surface area contributed by atoms with Crippen LogP contribution in [0.15, 0.2) is 28.2 Å². The number of ether oxygens (including phenoxy) is 1. The SMILES string of the molecule is COc1ccc(N=C=O)cc1N=C=O. The Morgan fingerprint density at radius 3 is 2.50 bits per heavy atom. The zero-order valence-electron chi connectivity index (χ0n) is 7.35. The highest BCUT2D eigenvalue weighted by molar-refractivity contribution is 5.64. The third-order valence-corrected chi connectivity index (χ3v) is 1.50. The third-order valence-electron chi connectivity index (χ3n) is 1.50. The van der Waals surface area contributed by atoms with Gasteiger partial charge in [0.1, 0.15) is 11.4 Å². The smallest absolute Gasteiger partial charge is 0.240 e. The largest absolute Gasteiger partial charge is 0.494 e. The Balaban J connectivity index is 3.26. The first-order chi connectivity index (χ1) is 6.81. The summed E-state index contributed by atoms with van der Waals surface area (Å²) >= 11 is 0. The number of methoxy groups -OCH3 is 1. The van der Waals surface area contributed by atoms with Gasteiger partial charge in [-0.1, -0.05) is 0 Å². The van der Waals surface area contributed by atoms with Crippen molar-refractivity contribution in [3.63, 3.8) is 0 Å². The molecule has 0 fully saturated rings. The second-order valence-corrected chi connectivity index (χ2v) is 2.26. The Morgan fingerprint density at radius 2 is 1.93 bits per heavy atom. The molecule has 0 N–H and O–H groups in total. The molecule has 1 aromatic carbocycles. The van der Waals surface area contributed by atoms with Crippen molar-refractivity contribution in [1.82, 2.24) is 0 Å². The van der Waals surface area contributed by atoms with Gasteiger partial charge >= 0.3 is 0 Å². The second-order valence-electron chi connectivity index (χ2n) is 2.26. The van der Waals surface area contributed by atoms with Crippen LogP contribution in [0.5, 0.6) is 5.75 Å². The Labute approximate surface area is 79.8 Å². The van der Waals surface area contributed by atoms with Crippen LogP contribution in [0.25, 0.3) is 0 Å². The summed E-state index contributed by atoms with van der Waals surface area (Å²) < 4.78 is 4.92. The van der Waals surface area contributed by atoms with E-state index in [1.54, 1.807) is 12.1 Å². The minimum Gasteiger partial charge on any atom is -0.494 e. The number of nitrogens with zero attached hydrogens (tertiary/aromatic N) is 2. The van der Waals surface area contributed by atoms with Gasteiger partial charge in [0.2, 0.25) is 12.2 Å². The number of isocyanates is 2. The molecule has 0 amide bonds. The average Bonchev–Trinajstić information content (AvgIpc) is 2.19. The van der Waals surface area contributed by atoms with Crippen LogP contribution in [0.4, 0.5) is 11.4 Å². The van der Waals surface area contributed by atoms with Crippen molar-refractivity contribution in [3.05, 3.63) is 18.2 Å². The molecular formula is C9H6N2O3. The molecule has 14 heavy (non-hydrogen) atoms. The molecule has 0 saturated carbocycles. The molecule has 0 heterocycles. The summed E-state index contributed by atoms with van der Waals surface area (Å²) in [5, 5.41) is 0. The van der Waals surface area contributed by atoms with Crippen molar-refractivity contribution in [2.24, 2.45) is 9.98 Å². The van der Waals surface area contributed by atoms with Crippen molar-refractivity contribution in [1.29, 1.82) is 0 Å². The molecule has 0 aromatic heterocycles. The molecule has 0 aliphatic heterocycles. The lowest BCUT2D eigenvalue weighted by molar-refractivity contribution is 0.416. The van der Waals surface area contributed by atoms with E-state index in [1.807, 2.05) is 0 Å². The molecule has 70 valence electrons. The minimum atomic E-state index is 0.277. The van der Waals surface area contributed by atoms with Crippen LogP contribution in [0, 0.1) is 0 Å². The zero-order chi connectivity index (χ0) is 10.4. The lowest BCUT2D eigenvalue weighted by atomic mass is 10.2. The Hall–Kier alpha value is -2.22. The van der Waals surface area contributed by atoms with Gasteiger partial charge in [-0.2, -0.15) is 9.98 Å². The van der Waals surface area contributed by atoms with Gasteiger partial charge in [0.05, 0.1) is 12.8 Å². The third kappa shape index (κ3) is 2.14. The first kappa shape index (κ1) is 9.86. The Morgan fingerprint density at radius 1 is 1.21 bits per heavy atom. The van der Waals surface area contributed by atoms with E-state index in [1.165, 1.54) is 25.3 Å². The molecular weight excluding hydrogens is 184 g/mol. The van der Waals surface area contributed by atoms with E-state index in [0.717, 1.165) is 0 Å². The molecule has 0 saturated heterocycles. The van der Waals surface area contributed by atoms with Crippen molar-refractivity contribution in [3.8, 4) is 5.75 Å². The molecule has 5 nitrogen and oxygen atoms in total. The maximum Gasteiger partial charge on any atom is 0.240 e. The Bertz CT molecular complexity index is 430. The molecule has 0 bridgehead atoms. The molecule has 0 aliphatic carbocycles. The van der Waals surface area contributed by atoms with E-state index < -0.39 is 0 Å². The fraction of sp³-hybridized carbons (Fsp3) is 0.111. The minimum absolute atomic E-state index is 0.277. The molecule has 0 spiro atoms. The molecule has 1 aromatic rings. The van der Waals surface area contributed by atoms with Crippen LogP contribution in [-0.2, 0) is 9.59 Å². The molecule has 0 atom stereocenters. The van der Waals surface area contributed by atoms with Crippen LogP contribution in [0.3, 0.4) is 0 Å². The number of hydrogen-bond donors (Lipinski definition) is 0. The van der Waals surface area contributed by atoms with Gasteiger partial charge in [0.25, 0.3) is 0 Å². The van der Waals surface area contributed by atoms with Gasteiger partial charge in [-0.3, -0.25) is 0 Å². The van der Waals surface area contributed by atoms with E-state index in [2.05, 4.69) is 9.98 Å². The van der Waals surface area contributed by atoms with Gasteiger partial charge in [-0.15, -0.1) is 0 Å². The zero-order valence-corrected chi connectivity index (χ0v) is 7.35. The van der Waals surface area contributed by atoms with Crippen LogP contribution >= 0.6 is 0 Å². The maximum absolute atomic E-state index is 10.1. The molecule has 0 aliphatic rings. The second kappa shape index (κ2) is 4.72. The van der Waals surface area contributed by atoms with E-state index in [0.29, 0.717) is 11.4 Å². The van der Waals surface area contributed by atoms with E-state index in [4.69, 9.17) is 4.74 Å². The fourth-order valence-electron chi connectivity index (χ4n) is 0.937. The number of hydrogen-bond acceptors (Lipinski definition) is 5. The summed E-state index contributed by atoms with van der Waals surface area (Å²) in [6, 6.07) is 4.52. The van der Waals surface area contributed by atoms with Crippen molar-refractivity contribution in [2.75, 3.05) is 7.11 Å². The molecule has 1 rings (SSSR count). The Kier molecular flexibility index (Phi) is 3.33. The van der Waals surface area contributed by atoms with Gasteiger partial charge in [-0.05, 0) is 18.2 Å². The normalized spacial score (nSPS) is 8.36. The summed E-state index contributed by atoms with van der Waals surface area (Å²) in [6.45, 7) is 0. The first-order valence-electron chi connectivity index (χ1n) is 3.65. The number of benzene rings is 1. The number of carbonyl (C=O) groups excluding carboxylic acids is 2. The summed E-state index contributed by atoms with van der Waals surface area (Å²) in [7, 11) is 1.45. The van der Waals surface area contributed by atoms with Gasteiger partial charge in [0.15, 0.2) is 0 Å². The lowest BCUT2D eigenvalue weighted by Gasteiger charge is -2.02. The van der Waals surface area contributed by atoms with Gasteiger partial charge in [-0.25, -0.2) is 9.59 Å². The van der Waals surface area contributed by atoms with Crippen LogP contribution < -0.4 is 4.74 Å². The van der Waals surface area contributed by atoms with E-state index in [-0.39, 0.29) is 5.69 Å². The van der Waals surface area contributed by atoms with Gasteiger partial charge in [0, 0.05) is 0 Å². The monoisotopic (exact) mass is 190 g/mol. The van der Waals surface area contributed by atoms with Crippen molar-refractivity contribution < 1.29 is 14.3 Å². The van der Waals surface area contributed by atoms with Gasteiger partial charge < -0.3 is 4.74 Å². The maximum atomic E-state index is 10.1. The predicted molar refractivity (Wildman–Crippen MR) is 48.6 cm³/mol. The number of rotatable bonds is 3. The molecule has 0 radical (unpaired) electrons. The molecule has 5 heteroatoms. The molecule has 0 unspecified atom stereocenters. The summed E-state index contributed by atoms with van der Waals surface area (Å²) in [4.78, 5) is 26.8. The lowest BCUT2D eigenvalue weighted by Crippen LogP contribution is -1.82. The van der Waals surface area contributed by atoms with Crippen molar-refractivity contribution >= 4 is 23.5 Å². The van der Waals surface area contributed by atoms with Crippen molar-refractivity contribution in [2.45, 2.75) is 0 Å². The quantitative estimate of drug-likeness (QED) is 0.537. The number of aliphatic imine (C=N–C) groups is 2. The first-order valence-corrected chi connectivity index (χ1v) is 3.65. The van der Waals surface area contributed by atoms with E-state index in [9.17, 15) is 9.59 Å². The highest BCUT2D eigenvalue weighted by Gasteiger charge is 2.02. The van der Waals surface area contributed by atoms with E-state index >= 15 is 0 Å². The summed E-state index contributed by atoms with van der Waals surface area (Å²) in [5.41, 5.74) is 0.633. The van der Waals surface area contributed by atoms with Crippen LogP contribution in [0.1, 0.15) is 0 Å². The fourth-order valence-corrected chi connectivity index (χ4v) is 0.937. The highest BCUT2D eigenvalue weighted by atomic mass is 16.5. The highest BCUT2D eigenvalue weighted by Crippen LogP contribution is 2.30. The standard InChI is InChI=1S/C9H6N2O3/c1-14-9-3-2-7(10-5-12)4-8(9)11-6-13/h2-4H,1H3. The van der Waals surface area contributed by atoms with Crippen LogP contribution in [0.2, 0.25) is 0 Å². The average molecular weight is 190 g/mol. The topological polar surface area (TPSA) is 68.1 Å². The summed E-state index contributed by atoms with van der Waals surface area (Å²) in [5.74, 6) is 0.415.